The average molecular weight is 673 g/mol. The maximum absolute atomic E-state index is 9.22. The molecule has 0 aliphatic rings. The normalized spacial score (nSPS) is 11.1. The molecule has 5 heteroatoms. The largest absolute Gasteiger partial charge is 0.513 e. The van der Waals surface area contributed by atoms with Gasteiger partial charge in [0.25, 0.3) is 0 Å². The Morgan fingerprint density at radius 3 is 1.68 bits per heavy atom. The minimum absolute atomic E-state index is 0. The predicted molar refractivity (Wildman–Crippen MR) is 148 cm³/mol. The first kappa shape index (κ1) is 31.9. The number of benzene rings is 2. The number of allylic oxidation sites excluding steroid dienone is 1. The van der Waals surface area contributed by atoms with Gasteiger partial charge in [-0.15, -0.1) is 71.8 Å². The molecule has 4 aromatic rings. The minimum Gasteiger partial charge on any atom is -0.513 e. The Labute approximate surface area is 235 Å². The van der Waals surface area contributed by atoms with Crippen molar-refractivity contribution in [1.82, 2.24) is 9.97 Å². The number of aliphatic hydroxyl groups excluding tert-OH is 2. The van der Waals surface area contributed by atoms with Gasteiger partial charge in [-0.1, -0.05) is 50.5 Å². The number of pyridine rings is 2. The van der Waals surface area contributed by atoms with Crippen molar-refractivity contribution in [2.75, 3.05) is 0 Å². The summed E-state index contributed by atoms with van der Waals surface area (Å²) in [5.74, 6) is 0.320. The third-order valence-electron chi connectivity index (χ3n) is 5.02. The summed E-state index contributed by atoms with van der Waals surface area (Å²) in [4.78, 5) is 8.44. The molecular weight excluding hydrogens is 637 g/mol. The Bertz CT molecular complexity index is 941. The third kappa shape index (κ3) is 14.3. The van der Waals surface area contributed by atoms with Crippen LogP contribution in [0.3, 0.4) is 0 Å². The van der Waals surface area contributed by atoms with Crippen molar-refractivity contribution in [3.63, 3.8) is 0 Å². The van der Waals surface area contributed by atoms with E-state index in [-0.39, 0.29) is 20.1 Å². The number of hydrogen-bond acceptors (Lipinski definition) is 4. The summed E-state index contributed by atoms with van der Waals surface area (Å²) in [6, 6.07) is 33.6. The van der Waals surface area contributed by atoms with Crippen LogP contribution in [0.2, 0.25) is 0 Å². The molecule has 0 saturated carbocycles. The minimum atomic E-state index is -0.531. The molecule has 2 aromatic heterocycles. The summed E-state index contributed by atoms with van der Waals surface area (Å²) < 4.78 is 0. The molecule has 0 saturated heterocycles. The van der Waals surface area contributed by atoms with Crippen LogP contribution in [0.1, 0.15) is 46.0 Å². The summed E-state index contributed by atoms with van der Waals surface area (Å²) in [6.45, 7) is 3.80. The standard InChI is InChI=1S/2C11H8N.C10H20O2.Ir/c2*1-2-6-10(7-3-1)11-8-4-5-9-12-11;1-3-4-5-6-7-10(12)8-9(2)11;/h2*1-6,8-9H;8-9,11-12H,3-7H2,1-2H3;/q2*-1;;. The van der Waals surface area contributed by atoms with Crippen molar-refractivity contribution < 1.29 is 30.3 Å². The van der Waals surface area contributed by atoms with Crippen LogP contribution in [0.5, 0.6) is 0 Å². The zero-order chi connectivity index (χ0) is 25.8. The van der Waals surface area contributed by atoms with Crippen LogP contribution in [0.15, 0.2) is 109 Å². The van der Waals surface area contributed by atoms with Gasteiger partial charge < -0.3 is 20.2 Å². The second-order valence-corrected chi connectivity index (χ2v) is 8.19. The van der Waals surface area contributed by atoms with E-state index in [0.717, 1.165) is 35.4 Å². The third-order valence-corrected chi connectivity index (χ3v) is 5.02. The molecule has 1 atom stereocenters. The van der Waals surface area contributed by atoms with Crippen molar-refractivity contribution in [2.45, 2.75) is 52.1 Å². The van der Waals surface area contributed by atoms with Gasteiger partial charge in [0, 0.05) is 38.9 Å². The SMILES string of the molecule is CCCCCCC(O)=CC(C)O.[Ir].[c-]1ccccc1-c1ccccn1.[c-]1ccccc1-c1ccccn1. The zero-order valence-electron chi connectivity index (χ0n) is 21.6. The first-order valence-corrected chi connectivity index (χ1v) is 12.4. The Kier molecular flexibility index (Phi) is 17.3. The van der Waals surface area contributed by atoms with E-state index in [1.165, 1.54) is 18.9 Å². The molecule has 0 bridgehead atoms. The number of nitrogens with zero attached hydrogens (tertiary/aromatic N) is 2. The summed E-state index contributed by atoms with van der Waals surface area (Å²) in [5, 5.41) is 18.1. The van der Waals surface area contributed by atoms with E-state index in [9.17, 15) is 5.11 Å². The quantitative estimate of drug-likeness (QED) is 0.114. The average Bonchev–Trinajstić information content (AvgIpc) is 2.93. The van der Waals surface area contributed by atoms with Gasteiger partial charge in [0.05, 0.1) is 11.9 Å². The molecule has 197 valence electrons. The van der Waals surface area contributed by atoms with Gasteiger partial charge in [-0.3, -0.25) is 0 Å². The molecule has 0 fully saturated rings. The zero-order valence-corrected chi connectivity index (χ0v) is 23.9. The fraction of sp³-hybridized carbons (Fsp3) is 0.250. The monoisotopic (exact) mass is 673 g/mol. The number of aromatic nitrogens is 2. The Morgan fingerprint density at radius 2 is 1.30 bits per heavy atom. The van der Waals surface area contributed by atoms with Gasteiger partial charge in [-0.2, -0.15) is 0 Å². The van der Waals surface area contributed by atoms with E-state index in [1.807, 2.05) is 84.9 Å². The molecule has 4 rings (SSSR count). The Hall–Kier alpha value is -3.11. The maximum atomic E-state index is 9.22. The van der Waals surface area contributed by atoms with Crippen LogP contribution in [-0.4, -0.2) is 26.3 Å². The number of rotatable bonds is 8. The van der Waals surface area contributed by atoms with Crippen molar-refractivity contribution in [3.8, 4) is 22.5 Å². The van der Waals surface area contributed by atoms with E-state index in [1.54, 1.807) is 19.3 Å². The number of hydrogen-bond donors (Lipinski definition) is 2. The molecular formula is C32H36IrN2O2-2. The van der Waals surface area contributed by atoms with Crippen molar-refractivity contribution in [1.29, 1.82) is 0 Å². The van der Waals surface area contributed by atoms with Crippen molar-refractivity contribution in [2.24, 2.45) is 0 Å². The Balaban J connectivity index is 0.000000274. The Morgan fingerprint density at radius 1 is 0.784 bits per heavy atom. The summed E-state index contributed by atoms with van der Waals surface area (Å²) in [7, 11) is 0. The summed E-state index contributed by atoms with van der Waals surface area (Å²) in [6.07, 6.45) is 9.85. The molecule has 1 radical (unpaired) electrons. The second-order valence-electron chi connectivity index (χ2n) is 8.19. The number of unbranched alkanes of at least 4 members (excludes halogenated alkanes) is 3. The van der Waals surface area contributed by atoms with Gasteiger partial charge in [0.1, 0.15) is 0 Å². The van der Waals surface area contributed by atoms with Gasteiger partial charge in [0.2, 0.25) is 0 Å². The maximum Gasteiger partial charge on any atom is 0.0908 e. The summed E-state index contributed by atoms with van der Waals surface area (Å²) >= 11 is 0. The van der Waals surface area contributed by atoms with Gasteiger partial charge in [-0.25, -0.2) is 0 Å². The van der Waals surface area contributed by atoms with E-state index < -0.39 is 6.10 Å². The van der Waals surface area contributed by atoms with E-state index in [2.05, 4.69) is 29.0 Å². The molecule has 2 N–H and O–H groups in total. The predicted octanol–water partition coefficient (Wildman–Crippen LogP) is 7.87. The number of aliphatic hydroxyl groups is 2. The van der Waals surface area contributed by atoms with E-state index >= 15 is 0 Å². The summed E-state index contributed by atoms with van der Waals surface area (Å²) in [5.41, 5.74) is 4.02. The van der Waals surface area contributed by atoms with Crippen molar-refractivity contribution in [3.05, 3.63) is 121 Å². The van der Waals surface area contributed by atoms with Crippen molar-refractivity contribution >= 4 is 0 Å². The molecule has 2 aromatic carbocycles. The topological polar surface area (TPSA) is 66.2 Å². The fourth-order valence-corrected chi connectivity index (χ4v) is 3.24. The van der Waals surface area contributed by atoms with E-state index in [0.29, 0.717) is 12.2 Å². The van der Waals surface area contributed by atoms with Gasteiger partial charge in [0.15, 0.2) is 0 Å². The first-order valence-electron chi connectivity index (χ1n) is 12.4. The molecule has 0 spiro atoms. The van der Waals surface area contributed by atoms with Crippen LogP contribution in [-0.2, 0) is 20.1 Å². The first-order chi connectivity index (χ1) is 17.6. The van der Waals surface area contributed by atoms with Crippen LogP contribution < -0.4 is 0 Å². The van der Waals surface area contributed by atoms with E-state index in [4.69, 9.17) is 5.11 Å². The molecule has 4 nitrogen and oxygen atoms in total. The van der Waals surface area contributed by atoms with Crippen LogP contribution >= 0.6 is 0 Å². The molecule has 0 aliphatic heterocycles. The molecule has 0 aliphatic carbocycles. The van der Waals surface area contributed by atoms with Gasteiger partial charge >= 0.3 is 0 Å². The fourth-order valence-electron chi connectivity index (χ4n) is 3.24. The molecule has 37 heavy (non-hydrogen) atoms. The molecule has 2 heterocycles. The van der Waals surface area contributed by atoms with Crippen LogP contribution in [0.25, 0.3) is 22.5 Å². The second kappa shape index (κ2) is 20.0. The van der Waals surface area contributed by atoms with Crippen LogP contribution in [0.4, 0.5) is 0 Å². The van der Waals surface area contributed by atoms with Gasteiger partial charge in [-0.05, 0) is 42.9 Å². The smallest absolute Gasteiger partial charge is 0.0908 e. The molecule has 1 unspecified atom stereocenters. The molecule has 0 amide bonds. The van der Waals surface area contributed by atoms with Crippen LogP contribution in [0, 0.1) is 12.1 Å².